The van der Waals surface area contributed by atoms with Crippen molar-refractivity contribution in [2.75, 3.05) is 5.32 Å². The predicted molar refractivity (Wildman–Crippen MR) is 76.8 cm³/mol. The summed E-state index contributed by atoms with van der Waals surface area (Å²) >= 11 is 4.56. The number of nitrogens with zero attached hydrogens (tertiary/aromatic N) is 1. The lowest BCUT2D eigenvalue weighted by Gasteiger charge is -2.05. The average molecular weight is 344 g/mol. The Morgan fingerprint density at radius 3 is 2.95 bits per heavy atom. The summed E-state index contributed by atoms with van der Waals surface area (Å²) < 4.78 is 13.7. The van der Waals surface area contributed by atoms with Crippen molar-refractivity contribution in [3.8, 4) is 0 Å². The highest BCUT2D eigenvalue weighted by Crippen LogP contribution is 2.24. The zero-order valence-corrected chi connectivity index (χ0v) is 12.4. The highest BCUT2D eigenvalue weighted by atomic mass is 79.9. The van der Waals surface area contributed by atoms with Crippen LogP contribution < -0.4 is 11.1 Å². The van der Waals surface area contributed by atoms with Crippen molar-refractivity contribution in [3.63, 3.8) is 0 Å². The molecule has 19 heavy (non-hydrogen) atoms. The average Bonchev–Trinajstić information content (AvgIpc) is 2.83. The van der Waals surface area contributed by atoms with E-state index >= 15 is 0 Å². The molecule has 0 fully saturated rings. The van der Waals surface area contributed by atoms with Crippen molar-refractivity contribution in [3.05, 3.63) is 44.6 Å². The standard InChI is InChI=1S/C12H11BrFN3OS/c1-6(15)12-17-10(5-19-12)11(18)16-9-4-7(14)2-3-8(9)13/h2-6H,15H2,1H3,(H,16,18). The topological polar surface area (TPSA) is 68.0 Å². The van der Waals surface area contributed by atoms with Crippen LogP contribution in [0.2, 0.25) is 0 Å². The number of benzene rings is 1. The Morgan fingerprint density at radius 2 is 2.32 bits per heavy atom. The van der Waals surface area contributed by atoms with Gasteiger partial charge in [-0.3, -0.25) is 4.79 Å². The number of carbonyl (C=O) groups excluding carboxylic acids is 1. The summed E-state index contributed by atoms with van der Waals surface area (Å²) in [6.45, 7) is 1.80. The molecule has 0 bridgehead atoms. The number of nitrogens with one attached hydrogen (secondary N) is 1. The van der Waals surface area contributed by atoms with Crippen molar-refractivity contribution in [1.29, 1.82) is 0 Å². The molecule has 0 aliphatic carbocycles. The number of rotatable bonds is 3. The van der Waals surface area contributed by atoms with Gasteiger partial charge in [0.25, 0.3) is 5.91 Å². The van der Waals surface area contributed by atoms with Gasteiger partial charge >= 0.3 is 0 Å². The fraction of sp³-hybridized carbons (Fsp3) is 0.167. The number of aromatic nitrogens is 1. The van der Waals surface area contributed by atoms with E-state index < -0.39 is 11.7 Å². The molecule has 0 radical (unpaired) electrons. The molecule has 100 valence electrons. The summed E-state index contributed by atoms with van der Waals surface area (Å²) in [7, 11) is 0. The van der Waals surface area contributed by atoms with Gasteiger partial charge in [-0.15, -0.1) is 11.3 Å². The summed E-state index contributed by atoms with van der Waals surface area (Å²) in [6.07, 6.45) is 0. The first-order valence-electron chi connectivity index (χ1n) is 5.45. The minimum Gasteiger partial charge on any atom is -0.322 e. The first-order chi connectivity index (χ1) is 8.97. The minimum absolute atomic E-state index is 0.215. The molecule has 0 aliphatic rings. The van der Waals surface area contributed by atoms with Gasteiger partial charge in [-0.25, -0.2) is 9.37 Å². The highest BCUT2D eigenvalue weighted by Gasteiger charge is 2.14. The maximum Gasteiger partial charge on any atom is 0.275 e. The lowest BCUT2D eigenvalue weighted by molar-refractivity contribution is 0.102. The fourth-order valence-electron chi connectivity index (χ4n) is 1.38. The van der Waals surface area contributed by atoms with Gasteiger partial charge in [-0.05, 0) is 41.1 Å². The zero-order chi connectivity index (χ0) is 14.0. The Balaban J connectivity index is 2.18. The molecule has 1 heterocycles. The summed E-state index contributed by atoms with van der Waals surface area (Å²) in [5.41, 5.74) is 6.32. The number of halogens is 2. The van der Waals surface area contributed by atoms with Gasteiger partial charge < -0.3 is 11.1 Å². The van der Waals surface area contributed by atoms with Gasteiger partial charge in [0, 0.05) is 9.85 Å². The number of nitrogens with two attached hydrogens (primary N) is 1. The number of hydrogen-bond acceptors (Lipinski definition) is 4. The molecule has 2 aromatic rings. The molecule has 1 unspecified atom stereocenters. The number of thiazole rings is 1. The maximum absolute atomic E-state index is 13.1. The van der Waals surface area contributed by atoms with Crippen LogP contribution in [-0.2, 0) is 0 Å². The zero-order valence-electron chi connectivity index (χ0n) is 9.98. The normalized spacial score (nSPS) is 12.2. The van der Waals surface area contributed by atoms with Crippen molar-refractivity contribution in [2.24, 2.45) is 5.73 Å². The first-order valence-corrected chi connectivity index (χ1v) is 7.12. The first kappa shape index (κ1) is 14.1. The molecule has 0 saturated heterocycles. The molecular weight excluding hydrogens is 333 g/mol. The molecule has 1 atom stereocenters. The SMILES string of the molecule is CC(N)c1nc(C(=O)Nc2cc(F)ccc2Br)cs1. The molecule has 7 heteroatoms. The van der Waals surface area contributed by atoms with Crippen LogP contribution in [0.5, 0.6) is 0 Å². The number of carbonyl (C=O) groups is 1. The second-order valence-corrected chi connectivity index (χ2v) is 5.68. The van der Waals surface area contributed by atoms with Gasteiger partial charge in [0.05, 0.1) is 11.7 Å². The Labute approximate surface area is 122 Å². The van der Waals surface area contributed by atoms with E-state index in [0.717, 1.165) is 0 Å². The highest BCUT2D eigenvalue weighted by molar-refractivity contribution is 9.10. The summed E-state index contributed by atoms with van der Waals surface area (Å²) in [4.78, 5) is 16.1. The van der Waals surface area contributed by atoms with Crippen molar-refractivity contribution < 1.29 is 9.18 Å². The van der Waals surface area contributed by atoms with E-state index in [2.05, 4.69) is 26.2 Å². The summed E-state index contributed by atoms with van der Waals surface area (Å²) in [5.74, 6) is -0.817. The molecular formula is C12H11BrFN3OS. The van der Waals surface area contributed by atoms with Crippen LogP contribution in [0.15, 0.2) is 28.1 Å². The molecule has 4 nitrogen and oxygen atoms in total. The number of anilines is 1. The number of amides is 1. The smallest absolute Gasteiger partial charge is 0.275 e. The van der Waals surface area contributed by atoms with Gasteiger partial charge in [0.1, 0.15) is 16.5 Å². The van der Waals surface area contributed by atoms with Crippen LogP contribution in [0, 0.1) is 5.82 Å². The van der Waals surface area contributed by atoms with Crippen LogP contribution in [0.25, 0.3) is 0 Å². The lowest BCUT2D eigenvalue weighted by Crippen LogP contribution is -2.13. The van der Waals surface area contributed by atoms with Crippen LogP contribution in [-0.4, -0.2) is 10.9 Å². The maximum atomic E-state index is 13.1. The fourth-order valence-corrected chi connectivity index (χ4v) is 2.48. The molecule has 1 aromatic heterocycles. The Kier molecular flexibility index (Phi) is 4.28. The Hall–Kier alpha value is -1.31. The van der Waals surface area contributed by atoms with Gasteiger partial charge in [-0.2, -0.15) is 0 Å². The van der Waals surface area contributed by atoms with E-state index in [4.69, 9.17) is 5.73 Å². The van der Waals surface area contributed by atoms with E-state index in [1.54, 1.807) is 12.3 Å². The van der Waals surface area contributed by atoms with Crippen LogP contribution in [0.4, 0.5) is 10.1 Å². The van der Waals surface area contributed by atoms with E-state index in [9.17, 15) is 9.18 Å². The molecule has 3 N–H and O–H groups in total. The largest absolute Gasteiger partial charge is 0.322 e. The second-order valence-electron chi connectivity index (χ2n) is 3.94. The Bertz CT molecular complexity index is 615. The molecule has 2 rings (SSSR count). The van der Waals surface area contributed by atoms with E-state index in [1.807, 2.05) is 0 Å². The van der Waals surface area contributed by atoms with Crippen molar-refractivity contribution in [2.45, 2.75) is 13.0 Å². The van der Waals surface area contributed by atoms with Gasteiger partial charge in [0.15, 0.2) is 0 Å². The predicted octanol–water partition coefficient (Wildman–Crippen LogP) is 3.32. The van der Waals surface area contributed by atoms with Gasteiger partial charge in [-0.1, -0.05) is 0 Å². The van der Waals surface area contributed by atoms with E-state index in [1.165, 1.54) is 29.5 Å². The van der Waals surface area contributed by atoms with Crippen molar-refractivity contribution >= 4 is 38.9 Å². The second kappa shape index (κ2) is 5.77. The summed E-state index contributed by atoms with van der Waals surface area (Å²) in [5, 5.41) is 4.91. The van der Waals surface area contributed by atoms with Gasteiger partial charge in [0.2, 0.25) is 0 Å². The Morgan fingerprint density at radius 1 is 1.58 bits per heavy atom. The quantitative estimate of drug-likeness (QED) is 0.898. The van der Waals surface area contributed by atoms with Crippen LogP contribution >= 0.6 is 27.3 Å². The van der Waals surface area contributed by atoms with Crippen LogP contribution in [0.3, 0.4) is 0 Å². The molecule has 1 aromatic carbocycles. The number of hydrogen-bond donors (Lipinski definition) is 2. The summed E-state index contributed by atoms with van der Waals surface area (Å²) in [6, 6.07) is 3.85. The van der Waals surface area contributed by atoms with Crippen LogP contribution in [0.1, 0.15) is 28.5 Å². The van der Waals surface area contributed by atoms with E-state index in [-0.39, 0.29) is 11.7 Å². The molecule has 0 saturated carbocycles. The molecule has 1 amide bonds. The third kappa shape index (κ3) is 3.37. The van der Waals surface area contributed by atoms with Crippen molar-refractivity contribution in [1.82, 2.24) is 4.98 Å². The lowest BCUT2D eigenvalue weighted by atomic mass is 10.3. The molecule has 0 aliphatic heterocycles. The molecule has 0 spiro atoms. The monoisotopic (exact) mass is 343 g/mol. The van der Waals surface area contributed by atoms with E-state index in [0.29, 0.717) is 15.2 Å². The third-order valence-electron chi connectivity index (χ3n) is 2.32. The third-order valence-corrected chi connectivity index (χ3v) is 4.06. The minimum atomic E-state index is -0.423.